The van der Waals surface area contributed by atoms with Crippen molar-refractivity contribution in [1.82, 2.24) is 0 Å². The van der Waals surface area contributed by atoms with E-state index in [9.17, 15) is 0 Å². The molecule has 0 aliphatic carbocycles. The summed E-state index contributed by atoms with van der Waals surface area (Å²) in [6, 6.07) is 5.30. The summed E-state index contributed by atoms with van der Waals surface area (Å²) in [5.74, 6) is 0. The molecule has 0 heterocycles. The predicted octanol–water partition coefficient (Wildman–Crippen LogP) is 2.84. The topological polar surface area (TPSA) is 35.8 Å². The molecular formula is C7H4ClIN2. The molecule has 0 atom stereocenters. The maximum atomic E-state index is 8.32. The van der Waals surface area contributed by atoms with Crippen LogP contribution < -0.4 is 5.32 Å². The molecule has 56 valence electrons. The summed E-state index contributed by atoms with van der Waals surface area (Å²) in [5.41, 5.74) is 0.789. The maximum Gasteiger partial charge on any atom is 0.181 e. The van der Waals surface area contributed by atoms with Crippen LogP contribution in [-0.2, 0) is 0 Å². The van der Waals surface area contributed by atoms with E-state index in [-0.39, 0.29) is 0 Å². The van der Waals surface area contributed by atoms with Gasteiger partial charge in [-0.15, -0.1) is 0 Å². The van der Waals surface area contributed by atoms with Gasteiger partial charge in [-0.3, -0.25) is 5.32 Å². The zero-order valence-electron chi connectivity index (χ0n) is 5.44. The molecule has 2 nitrogen and oxygen atoms in total. The fourth-order valence-electron chi connectivity index (χ4n) is 0.651. The number of anilines is 1. The summed E-state index contributed by atoms with van der Waals surface area (Å²) in [7, 11) is 0. The molecule has 0 fully saturated rings. The highest BCUT2D eigenvalue weighted by Gasteiger charge is 1.97. The number of benzene rings is 1. The first kappa shape index (κ1) is 8.62. The van der Waals surface area contributed by atoms with Gasteiger partial charge in [-0.1, -0.05) is 11.6 Å². The summed E-state index contributed by atoms with van der Waals surface area (Å²) in [5, 5.41) is 11.5. The highest BCUT2D eigenvalue weighted by atomic mass is 127. The van der Waals surface area contributed by atoms with E-state index in [0.29, 0.717) is 5.02 Å². The molecule has 1 rings (SSSR count). The Bertz CT molecular complexity index is 306. The molecule has 1 aromatic rings. The van der Waals surface area contributed by atoms with Gasteiger partial charge in [0, 0.05) is 8.59 Å². The molecule has 0 aliphatic heterocycles. The van der Waals surface area contributed by atoms with Crippen molar-refractivity contribution >= 4 is 39.9 Å². The normalized spacial score (nSPS) is 8.82. The zero-order valence-corrected chi connectivity index (χ0v) is 8.35. The lowest BCUT2D eigenvalue weighted by molar-refractivity contribution is 1.46. The third-order valence-corrected chi connectivity index (χ3v) is 2.25. The number of nitriles is 1. The second-order valence-electron chi connectivity index (χ2n) is 1.86. The monoisotopic (exact) mass is 278 g/mol. The maximum absolute atomic E-state index is 8.32. The third kappa shape index (κ3) is 2.24. The minimum Gasteiger partial charge on any atom is -0.292 e. The molecule has 0 bridgehead atoms. The van der Waals surface area contributed by atoms with E-state index in [4.69, 9.17) is 16.9 Å². The molecule has 0 amide bonds. The number of hydrogen-bond donors (Lipinski definition) is 1. The van der Waals surface area contributed by atoms with E-state index in [1.54, 1.807) is 18.2 Å². The molecule has 0 saturated carbocycles. The van der Waals surface area contributed by atoms with Crippen LogP contribution in [0.4, 0.5) is 5.69 Å². The van der Waals surface area contributed by atoms with Crippen LogP contribution in [0.2, 0.25) is 5.02 Å². The zero-order chi connectivity index (χ0) is 8.27. The van der Waals surface area contributed by atoms with Crippen LogP contribution in [-0.4, -0.2) is 0 Å². The Morgan fingerprint density at radius 2 is 2.27 bits per heavy atom. The van der Waals surface area contributed by atoms with Crippen molar-refractivity contribution in [2.75, 3.05) is 5.32 Å². The first-order valence-electron chi connectivity index (χ1n) is 2.84. The van der Waals surface area contributed by atoms with Gasteiger partial charge in [0.2, 0.25) is 0 Å². The summed E-state index contributed by atoms with van der Waals surface area (Å²) in [4.78, 5) is 0. The number of hydrogen-bond acceptors (Lipinski definition) is 2. The van der Waals surface area contributed by atoms with Gasteiger partial charge in [0.1, 0.15) is 0 Å². The molecular weight excluding hydrogens is 274 g/mol. The average Bonchev–Trinajstić information content (AvgIpc) is 1.95. The average molecular weight is 278 g/mol. The Kier molecular flexibility index (Phi) is 2.97. The van der Waals surface area contributed by atoms with Crippen molar-refractivity contribution in [3.63, 3.8) is 0 Å². The number of nitrogens with one attached hydrogen (secondary N) is 1. The summed E-state index contributed by atoms with van der Waals surface area (Å²) in [6.45, 7) is 0. The summed E-state index contributed by atoms with van der Waals surface area (Å²) >= 11 is 7.81. The highest BCUT2D eigenvalue weighted by Crippen LogP contribution is 2.21. The molecule has 1 N–H and O–H groups in total. The SMILES string of the molecule is N#CNc1ccc(Cl)cc1I. The number of nitrogens with zero attached hydrogens (tertiary/aromatic N) is 1. The van der Waals surface area contributed by atoms with Crippen molar-refractivity contribution in [2.24, 2.45) is 0 Å². The minimum absolute atomic E-state index is 0.679. The standard InChI is InChI=1S/C7H4ClIN2/c8-5-1-2-7(11-4-10)6(9)3-5/h1-3,11H. The van der Waals surface area contributed by atoms with E-state index in [2.05, 4.69) is 27.9 Å². The van der Waals surface area contributed by atoms with Gasteiger partial charge >= 0.3 is 0 Å². The predicted molar refractivity (Wildman–Crippen MR) is 53.4 cm³/mol. The first-order chi connectivity index (χ1) is 5.24. The summed E-state index contributed by atoms with van der Waals surface area (Å²) < 4.78 is 0.941. The Hall–Kier alpha value is -0.470. The second kappa shape index (κ2) is 3.79. The fourth-order valence-corrected chi connectivity index (χ4v) is 1.66. The van der Waals surface area contributed by atoms with E-state index in [1.807, 2.05) is 6.19 Å². The van der Waals surface area contributed by atoms with Crippen LogP contribution in [0.1, 0.15) is 0 Å². The smallest absolute Gasteiger partial charge is 0.181 e. The lowest BCUT2D eigenvalue weighted by Crippen LogP contribution is -1.89. The van der Waals surface area contributed by atoms with E-state index >= 15 is 0 Å². The van der Waals surface area contributed by atoms with E-state index in [1.165, 1.54) is 0 Å². The van der Waals surface area contributed by atoms with Crippen LogP contribution in [0.25, 0.3) is 0 Å². The lowest BCUT2D eigenvalue weighted by atomic mass is 10.3. The lowest BCUT2D eigenvalue weighted by Gasteiger charge is -1.99. The Morgan fingerprint density at radius 3 is 2.82 bits per heavy atom. The van der Waals surface area contributed by atoms with E-state index < -0.39 is 0 Å². The van der Waals surface area contributed by atoms with Crippen LogP contribution in [0.3, 0.4) is 0 Å². The Morgan fingerprint density at radius 1 is 1.55 bits per heavy atom. The van der Waals surface area contributed by atoms with Crippen molar-refractivity contribution in [1.29, 1.82) is 5.26 Å². The molecule has 0 spiro atoms. The number of halogens is 2. The van der Waals surface area contributed by atoms with Gasteiger partial charge in [0.05, 0.1) is 5.69 Å². The molecule has 0 radical (unpaired) electrons. The van der Waals surface area contributed by atoms with Gasteiger partial charge in [-0.05, 0) is 40.8 Å². The molecule has 1 aromatic carbocycles. The van der Waals surface area contributed by atoms with Gasteiger partial charge in [-0.25, -0.2) is 0 Å². The van der Waals surface area contributed by atoms with Crippen LogP contribution >= 0.6 is 34.2 Å². The van der Waals surface area contributed by atoms with Crippen molar-refractivity contribution < 1.29 is 0 Å². The highest BCUT2D eigenvalue weighted by molar-refractivity contribution is 14.1. The molecule has 0 aromatic heterocycles. The van der Waals surface area contributed by atoms with Crippen LogP contribution in [0.5, 0.6) is 0 Å². The Balaban J connectivity index is 3.01. The van der Waals surface area contributed by atoms with Crippen molar-refractivity contribution in [2.45, 2.75) is 0 Å². The minimum atomic E-state index is 0.679. The third-order valence-electron chi connectivity index (χ3n) is 1.12. The van der Waals surface area contributed by atoms with Crippen LogP contribution in [0.15, 0.2) is 18.2 Å². The second-order valence-corrected chi connectivity index (χ2v) is 3.46. The summed E-state index contributed by atoms with van der Waals surface area (Å²) in [6.07, 6.45) is 1.85. The van der Waals surface area contributed by atoms with Crippen molar-refractivity contribution in [3.05, 3.63) is 26.8 Å². The molecule has 4 heteroatoms. The van der Waals surface area contributed by atoms with Gasteiger partial charge in [0.15, 0.2) is 6.19 Å². The first-order valence-corrected chi connectivity index (χ1v) is 4.30. The van der Waals surface area contributed by atoms with E-state index in [0.717, 1.165) is 9.26 Å². The van der Waals surface area contributed by atoms with Gasteiger partial charge in [-0.2, -0.15) is 5.26 Å². The fraction of sp³-hybridized carbons (Fsp3) is 0. The molecule has 0 aliphatic rings. The molecule has 0 unspecified atom stereocenters. The quantitative estimate of drug-likeness (QED) is 0.487. The van der Waals surface area contributed by atoms with Gasteiger partial charge < -0.3 is 0 Å². The molecule has 0 saturated heterocycles. The Labute approximate surface area is 83.3 Å². The van der Waals surface area contributed by atoms with Gasteiger partial charge in [0.25, 0.3) is 0 Å². The number of rotatable bonds is 1. The van der Waals surface area contributed by atoms with Crippen molar-refractivity contribution in [3.8, 4) is 6.19 Å². The molecule has 11 heavy (non-hydrogen) atoms. The largest absolute Gasteiger partial charge is 0.292 e. The van der Waals surface area contributed by atoms with Crippen LogP contribution in [0, 0.1) is 15.0 Å².